The highest BCUT2D eigenvalue weighted by atomic mass is 32.2. The standard InChI is InChI=1S/C19H22N2O6S/c1-3-25-16-7-5-4-6-15(16)21(28(2,23)24)12-19(22)20-11-14-8-9-17-18(10-14)27-13-26-17/h4-10H,3,11-13H2,1-2H3,(H,20,22). The van der Waals surface area contributed by atoms with Crippen LogP contribution in [0.4, 0.5) is 5.69 Å². The highest BCUT2D eigenvalue weighted by Crippen LogP contribution is 2.32. The maximum Gasteiger partial charge on any atom is 0.241 e. The summed E-state index contributed by atoms with van der Waals surface area (Å²) in [6.07, 6.45) is 1.06. The Kier molecular flexibility index (Phi) is 5.93. The van der Waals surface area contributed by atoms with Gasteiger partial charge < -0.3 is 19.5 Å². The summed E-state index contributed by atoms with van der Waals surface area (Å²) >= 11 is 0. The Morgan fingerprint density at radius 1 is 1.18 bits per heavy atom. The van der Waals surface area contributed by atoms with Crippen LogP contribution in [0.25, 0.3) is 0 Å². The summed E-state index contributed by atoms with van der Waals surface area (Å²) in [4.78, 5) is 12.4. The third-order valence-electron chi connectivity index (χ3n) is 4.05. The molecule has 0 spiro atoms. The van der Waals surface area contributed by atoms with Crippen LogP contribution in [0.1, 0.15) is 12.5 Å². The highest BCUT2D eigenvalue weighted by molar-refractivity contribution is 7.92. The van der Waals surface area contributed by atoms with Crippen molar-refractivity contribution in [3.8, 4) is 17.2 Å². The first-order valence-corrected chi connectivity index (χ1v) is 10.6. The summed E-state index contributed by atoms with van der Waals surface area (Å²) in [7, 11) is -3.69. The molecule has 9 heteroatoms. The van der Waals surface area contributed by atoms with Gasteiger partial charge >= 0.3 is 0 Å². The largest absolute Gasteiger partial charge is 0.492 e. The van der Waals surface area contributed by atoms with Crippen molar-refractivity contribution in [3.05, 3.63) is 48.0 Å². The average molecular weight is 406 g/mol. The van der Waals surface area contributed by atoms with E-state index in [-0.39, 0.29) is 19.9 Å². The predicted octanol–water partition coefficient (Wildman–Crippen LogP) is 1.90. The van der Waals surface area contributed by atoms with Gasteiger partial charge in [0, 0.05) is 6.54 Å². The molecule has 28 heavy (non-hydrogen) atoms. The first-order valence-electron chi connectivity index (χ1n) is 8.73. The molecule has 0 unspecified atom stereocenters. The van der Waals surface area contributed by atoms with Crippen LogP contribution in [0, 0.1) is 0 Å². The first kappa shape index (κ1) is 19.8. The number of anilines is 1. The molecule has 150 valence electrons. The molecule has 2 aromatic rings. The molecule has 0 aromatic heterocycles. The van der Waals surface area contributed by atoms with E-state index >= 15 is 0 Å². The zero-order chi connectivity index (χ0) is 20.1. The van der Waals surface area contributed by atoms with Crippen LogP contribution in [0.15, 0.2) is 42.5 Å². The number of amides is 1. The molecule has 0 atom stereocenters. The van der Waals surface area contributed by atoms with E-state index in [9.17, 15) is 13.2 Å². The zero-order valence-corrected chi connectivity index (χ0v) is 16.5. The van der Waals surface area contributed by atoms with Gasteiger partial charge in [-0.15, -0.1) is 0 Å². The number of fused-ring (bicyclic) bond motifs is 1. The normalized spacial score (nSPS) is 12.5. The summed E-state index contributed by atoms with van der Waals surface area (Å²) in [6, 6.07) is 12.1. The number of para-hydroxylation sites is 2. The molecule has 2 aromatic carbocycles. The summed E-state index contributed by atoms with van der Waals surface area (Å²) in [6.45, 7) is 2.24. The Morgan fingerprint density at radius 2 is 1.93 bits per heavy atom. The van der Waals surface area contributed by atoms with Crippen molar-refractivity contribution in [2.75, 3.05) is 30.5 Å². The van der Waals surface area contributed by atoms with Gasteiger partial charge in [-0.25, -0.2) is 8.42 Å². The number of ether oxygens (including phenoxy) is 3. The maximum absolute atomic E-state index is 12.4. The number of carbonyl (C=O) groups is 1. The summed E-state index contributed by atoms with van der Waals surface area (Å²) in [5.74, 6) is 1.24. The molecule has 0 radical (unpaired) electrons. The van der Waals surface area contributed by atoms with E-state index in [1.807, 2.05) is 6.07 Å². The number of hydrogen-bond donors (Lipinski definition) is 1. The van der Waals surface area contributed by atoms with Crippen LogP contribution < -0.4 is 23.8 Å². The van der Waals surface area contributed by atoms with Crippen molar-refractivity contribution >= 4 is 21.6 Å². The number of rotatable bonds is 8. The molecule has 1 aliphatic rings. The summed E-state index contributed by atoms with van der Waals surface area (Å²) in [5, 5.41) is 2.73. The predicted molar refractivity (Wildman–Crippen MR) is 104 cm³/mol. The zero-order valence-electron chi connectivity index (χ0n) is 15.7. The van der Waals surface area contributed by atoms with Crippen molar-refractivity contribution in [1.29, 1.82) is 0 Å². The Hall–Kier alpha value is -2.94. The molecule has 1 amide bonds. The van der Waals surface area contributed by atoms with Gasteiger partial charge in [-0.05, 0) is 36.8 Å². The lowest BCUT2D eigenvalue weighted by molar-refractivity contribution is -0.119. The van der Waals surface area contributed by atoms with Crippen molar-refractivity contribution < 1.29 is 27.4 Å². The van der Waals surface area contributed by atoms with Crippen LogP contribution in [0.2, 0.25) is 0 Å². The van der Waals surface area contributed by atoms with E-state index in [2.05, 4.69) is 5.32 Å². The molecule has 0 fully saturated rings. The quantitative estimate of drug-likeness (QED) is 0.720. The second kappa shape index (κ2) is 8.39. The summed E-state index contributed by atoms with van der Waals surface area (Å²) < 4.78 is 41.7. The fourth-order valence-electron chi connectivity index (χ4n) is 2.76. The van der Waals surface area contributed by atoms with E-state index in [1.165, 1.54) is 0 Å². The molecule has 0 saturated heterocycles. The molecule has 8 nitrogen and oxygen atoms in total. The van der Waals surface area contributed by atoms with Crippen molar-refractivity contribution in [2.24, 2.45) is 0 Å². The molecule has 1 heterocycles. The van der Waals surface area contributed by atoms with Crippen molar-refractivity contribution in [2.45, 2.75) is 13.5 Å². The molecule has 0 saturated carbocycles. The summed E-state index contributed by atoms with van der Waals surface area (Å²) in [5.41, 5.74) is 1.14. The van der Waals surface area contributed by atoms with Crippen molar-refractivity contribution in [1.82, 2.24) is 5.32 Å². The number of nitrogens with zero attached hydrogens (tertiary/aromatic N) is 1. The van der Waals surface area contributed by atoms with Gasteiger partial charge in [0.2, 0.25) is 22.7 Å². The first-order chi connectivity index (χ1) is 13.4. The van der Waals surface area contributed by atoms with Gasteiger partial charge in [0.15, 0.2) is 11.5 Å². The molecule has 3 rings (SSSR count). The van der Waals surface area contributed by atoms with E-state index < -0.39 is 15.9 Å². The highest BCUT2D eigenvalue weighted by Gasteiger charge is 2.24. The molecular formula is C19H22N2O6S. The Bertz CT molecular complexity index is 961. The monoisotopic (exact) mass is 406 g/mol. The lowest BCUT2D eigenvalue weighted by atomic mass is 10.2. The van der Waals surface area contributed by atoms with Gasteiger partial charge in [-0.2, -0.15) is 0 Å². The Balaban J connectivity index is 1.70. The lowest BCUT2D eigenvalue weighted by Gasteiger charge is -2.24. The minimum Gasteiger partial charge on any atom is -0.492 e. The lowest BCUT2D eigenvalue weighted by Crippen LogP contribution is -2.40. The van der Waals surface area contributed by atoms with Gasteiger partial charge in [-0.1, -0.05) is 18.2 Å². The Labute approximate surface area is 164 Å². The SMILES string of the molecule is CCOc1ccccc1N(CC(=O)NCc1ccc2c(c1)OCO2)S(C)(=O)=O. The fraction of sp³-hybridized carbons (Fsp3) is 0.316. The third-order valence-corrected chi connectivity index (χ3v) is 5.17. The molecule has 1 N–H and O–H groups in total. The fourth-order valence-corrected chi connectivity index (χ4v) is 3.62. The van der Waals surface area contributed by atoms with Gasteiger partial charge in [0.1, 0.15) is 12.3 Å². The maximum atomic E-state index is 12.4. The van der Waals surface area contributed by atoms with Crippen LogP contribution >= 0.6 is 0 Å². The van der Waals surface area contributed by atoms with Gasteiger partial charge in [0.05, 0.1) is 18.6 Å². The minimum atomic E-state index is -3.69. The van der Waals surface area contributed by atoms with Crippen LogP contribution in [0.5, 0.6) is 17.2 Å². The third kappa shape index (κ3) is 4.66. The van der Waals surface area contributed by atoms with Crippen LogP contribution in [-0.4, -0.2) is 40.5 Å². The van der Waals surface area contributed by atoms with Crippen molar-refractivity contribution in [3.63, 3.8) is 0 Å². The number of hydrogen-bond acceptors (Lipinski definition) is 6. The van der Waals surface area contributed by atoms with Crippen LogP contribution in [0.3, 0.4) is 0 Å². The number of nitrogens with one attached hydrogen (secondary N) is 1. The molecule has 1 aliphatic heterocycles. The molecular weight excluding hydrogens is 384 g/mol. The van der Waals surface area contributed by atoms with Gasteiger partial charge in [0.25, 0.3) is 0 Å². The second-order valence-electron chi connectivity index (χ2n) is 6.13. The minimum absolute atomic E-state index is 0.174. The van der Waals surface area contributed by atoms with E-state index in [1.54, 1.807) is 43.3 Å². The average Bonchev–Trinajstić information content (AvgIpc) is 3.12. The molecule has 0 aliphatic carbocycles. The van der Waals surface area contributed by atoms with Gasteiger partial charge in [-0.3, -0.25) is 9.10 Å². The second-order valence-corrected chi connectivity index (χ2v) is 8.04. The smallest absolute Gasteiger partial charge is 0.241 e. The van der Waals surface area contributed by atoms with E-state index in [4.69, 9.17) is 14.2 Å². The topological polar surface area (TPSA) is 94.2 Å². The van der Waals surface area contributed by atoms with Crippen LogP contribution in [-0.2, 0) is 21.4 Å². The Morgan fingerprint density at radius 3 is 2.68 bits per heavy atom. The molecule has 0 bridgehead atoms. The number of sulfonamides is 1. The van der Waals surface area contributed by atoms with E-state index in [0.29, 0.717) is 29.5 Å². The number of benzene rings is 2. The van der Waals surface area contributed by atoms with E-state index in [0.717, 1.165) is 16.1 Å². The number of carbonyl (C=O) groups excluding carboxylic acids is 1.